The van der Waals surface area contributed by atoms with Crippen LogP contribution in [0.2, 0.25) is 0 Å². The lowest BCUT2D eigenvalue weighted by Crippen LogP contribution is -2.42. The molecule has 1 aliphatic carbocycles. The average molecular weight is 278 g/mol. The fraction of sp³-hybridized carbons (Fsp3) is 0.615. The summed E-state index contributed by atoms with van der Waals surface area (Å²) in [6.07, 6.45) is 5.59. The minimum absolute atomic E-state index is 0.130. The van der Waals surface area contributed by atoms with E-state index >= 15 is 0 Å². The molecule has 1 unspecified atom stereocenters. The number of hydrogen-bond donors (Lipinski definition) is 2. The second kappa shape index (κ2) is 6.22. The highest BCUT2D eigenvalue weighted by molar-refractivity contribution is 7.99. The number of nitrogens with zero attached hydrogens (tertiary/aromatic N) is 2. The Morgan fingerprint density at radius 1 is 1.68 bits per heavy atom. The highest BCUT2D eigenvalue weighted by Crippen LogP contribution is 2.25. The lowest BCUT2D eigenvalue weighted by atomic mass is 9.98. The number of thioether (sulfide) groups is 1. The second-order valence-corrected chi connectivity index (χ2v) is 6.14. The van der Waals surface area contributed by atoms with Crippen LogP contribution in [0.5, 0.6) is 0 Å². The second-order valence-electron chi connectivity index (χ2n) is 5.05. The predicted molar refractivity (Wildman–Crippen MR) is 75.0 cm³/mol. The monoisotopic (exact) mass is 278 g/mol. The third kappa shape index (κ3) is 4.69. The fourth-order valence-corrected chi connectivity index (χ4v) is 2.65. The third-order valence-corrected chi connectivity index (χ3v) is 4.03. The minimum Gasteiger partial charge on any atom is -0.301 e. The first-order chi connectivity index (χ1) is 9.11. The maximum absolute atomic E-state index is 11.1. The van der Waals surface area contributed by atoms with Gasteiger partial charge in [-0.1, -0.05) is 11.8 Å². The molecular weight excluding hydrogens is 260 g/mol. The van der Waals surface area contributed by atoms with Crippen molar-refractivity contribution in [1.29, 1.82) is 5.26 Å². The molecule has 2 N–H and O–H groups in total. The van der Waals surface area contributed by atoms with E-state index in [2.05, 4.69) is 21.4 Å². The van der Waals surface area contributed by atoms with Crippen LogP contribution in [0.3, 0.4) is 0 Å². The van der Waals surface area contributed by atoms with Crippen LogP contribution >= 0.6 is 11.8 Å². The van der Waals surface area contributed by atoms with Gasteiger partial charge in [-0.3, -0.25) is 10.1 Å². The lowest BCUT2D eigenvalue weighted by Gasteiger charge is -2.22. The summed E-state index contributed by atoms with van der Waals surface area (Å²) in [5, 5.41) is 13.3. The van der Waals surface area contributed by atoms with Gasteiger partial charge in [-0.05, 0) is 32.6 Å². The van der Waals surface area contributed by atoms with Crippen LogP contribution in [0.1, 0.15) is 32.6 Å². The number of aromatic nitrogens is 2. The number of nitriles is 1. The highest BCUT2D eigenvalue weighted by Gasteiger charge is 2.31. The van der Waals surface area contributed by atoms with E-state index in [1.807, 2.05) is 6.92 Å². The molecule has 5 nitrogen and oxygen atoms in total. The Morgan fingerprint density at radius 3 is 3.11 bits per heavy atom. The summed E-state index contributed by atoms with van der Waals surface area (Å²) in [4.78, 5) is 17.9. The van der Waals surface area contributed by atoms with E-state index in [1.54, 1.807) is 0 Å². The summed E-state index contributed by atoms with van der Waals surface area (Å²) in [6.45, 7) is 1.96. The van der Waals surface area contributed by atoms with E-state index in [4.69, 9.17) is 0 Å². The Hall–Kier alpha value is -1.32. The molecule has 102 valence electrons. The Morgan fingerprint density at radius 2 is 2.47 bits per heavy atom. The number of H-pyrrole nitrogens is 1. The molecule has 2 rings (SSSR count). The van der Waals surface area contributed by atoms with Gasteiger partial charge in [0.1, 0.15) is 5.54 Å². The van der Waals surface area contributed by atoms with Crippen molar-refractivity contribution in [3.05, 3.63) is 22.6 Å². The van der Waals surface area contributed by atoms with Crippen molar-refractivity contribution >= 4 is 11.8 Å². The van der Waals surface area contributed by atoms with Crippen molar-refractivity contribution < 1.29 is 0 Å². The molecule has 1 saturated carbocycles. The van der Waals surface area contributed by atoms with Gasteiger partial charge in [-0.2, -0.15) is 5.26 Å². The van der Waals surface area contributed by atoms with E-state index < -0.39 is 5.54 Å². The van der Waals surface area contributed by atoms with Gasteiger partial charge < -0.3 is 4.98 Å². The van der Waals surface area contributed by atoms with E-state index in [0.717, 1.165) is 18.6 Å². The van der Waals surface area contributed by atoms with Crippen LogP contribution in [-0.2, 0) is 0 Å². The Kier molecular flexibility index (Phi) is 4.61. The van der Waals surface area contributed by atoms with Crippen LogP contribution in [0.15, 0.2) is 22.2 Å². The summed E-state index contributed by atoms with van der Waals surface area (Å²) in [6, 6.07) is 4.29. The fourth-order valence-electron chi connectivity index (χ4n) is 1.86. The van der Waals surface area contributed by atoms with E-state index in [1.165, 1.54) is 36.9 Å². The Labute approximate surface area is 116 Å². The summed E-state index contributed by atoms with van der Waals surface area (Å²) in [5.74, 6) is 0.844. The molecular formula is C13H18N4OS. The van der Waals surface area contributed by atoms with Crippen LogP contribution in [0.25, 0.3) is 0 Å². The zero-order valence-corrected chi connectivity index (χ0v) is 11.8. The minimum atomic E-state index is -0.431. The summed E-state index contributed by atoms with van der Waals surface area (Å²) in [7, 11) is 0. The van der Waals surface area contributed by atoms with Crippen molar-refractivity contribution in [1.82, 2.24) is 15.3 Å². The zero-order chi connectivity index (χ0) is 13.7. The molecule has 6 heteroatoms. The van der Waals surface area contributed by atoms with Gasteiger partial charge in [0.2, 0.25) is 0 Å². The molecule has 0 amide bonds. The van der Waals surface area contributed by atoms with Crippen molar-refractivity contribution in [2.75, 3.05) is 5.75 Å². The molecule has 0 saturated heterocycles. The number of nitrogens with one attached hydrogen (secondary N) is 2. The van der Waals surface area contributed by atoms with Crippen molar-refractivity contribution in [2.45, 2.75) is 49.3 Å². The number of hydrogen-bond acceptors (Lipinski definition) is 5. The Balaban J connectivity index is 1.73. The average Bonchev–Trinajstić information content (AvgIpc) is 3.19. The maximum Gasteiger partial charge on any atom is 0.251 e. The molecule has 0 spiro atoms. The Bertz CT molecular complexity index is 520. The summed E-state index contributed by atoms with van der Waals surface area (Å²) >= 11 is 1.52. The van der Waals surface area contributed by atoms with Gasteiger partial charge in [0.15, 0.2) is 5.16 Å². The van der Waals surface area contributed by atoms with Crippen LogP contribution in [0, 0.1) is 11.3 Å². The molecule has 0 bridgehead atoms. The van der Waals surface area contributed by atoms with Gasteiger partial charge in [0.25, 0.3) is 5.56 Å². The lowest BCUT2D eigenvalue weighted by molar-refractivity contribution is 0.411. The molecule has 0 radical (unpaired) electrons. The van der Waals surface area contributed by atoms with Crippen LogP contribution in [-0.4, -0.2) is 27.3 Å². The van der Waals surface area contributed by atoms with Crippen LogP contribution < -0.4 is 10.9 Å². The SMILES string of the molecule is CC(C#N)(CCCSc1nccc(=O)[nH]1)NC1CC1. The smallest absolute Gasteiger partial charge is 0.251 e. The molecule has 1 fully saturated rings. The van der Waals surface area contributed by atoms with E-state index in [0.29, 0.717) is 11.2 Å². The maximum atomic E-state index is 11.1. The molecule has 1 atom stereocenters. The highest BCUT2D eigenvalue weighted by atomic mass is 32.2. The largest absolute Gasteiger partial charge is 0.301 e. The molecule has 1 aromatic heterocycles. The molecule has 19 heavy (non-hydrogen) atoms. The predicted octanol–water partition coefficient (Wildman–Crippen LogP) is 1.68. The summed E-state index contributed by atoms with van der Waals surface area (Å²) < 4.78 is 0. The molecule has 0 aliphatic heterocycles. The molecule has 1 aliphatic rings. The quantitative estimate of drug-likeness (QED) is 0.450. The van der Waals surface area contributed by atoms with Gasteiger partial charge in [0, 0.05) is 24.1 Å². The first kappa shape index (κ1) is 14.1. The standard InChI is InChI=1S/C13H18N4OS/c1-13(9-14,17-10-3-4-10)6-2-8-19-12-15-7-5-11(18)16-12/h5,7,10,17H,2-4,6,8H2,1H3,(H,15,16,18). The van der Waals surface area contributed by atoms with Crippen molar-refractivity contribution in [3.63, 3.8) is 0 Å². The number of aromatic amines is 1. The van der Waals surface area contributed by atoms with Gasteiger partial charge >= 0.3 is 0 Å². The molecule has 1 heterocycles. The molecule has 0 aromatic carbocycles. The van der Waals surface area contributed by atoms with E-state index in [-0.39, 0.29) is 5.56 Å². The first-order valence-corrected chi connectivity index (χ1v) is 7.47. The number of rotatable bonds is 7. The normalized spacial score (nSPS) is 17.7. The van der Waals surface area contributed by atoms with Crippen LogP contribution in [0.4, 0.5) is 0 Å². The summed E-state index contributed by atoms with van der Waals surface area (Å²) in [5.41, 5.74) is -0.561. The van der Waals surface area contributed by atoms with Crippen molar-refractivity contribution in [3.8, 4) is 6.07 Å². The van der Waals surface area contributed by atoms with Crippen molar-refractivity contribution in [2.24, 2.45) is 0 Å². The first-order valence-electron chi connectivity index (χ1n) is 6.48. The van der Waals surface area contributed by atoms with E-state index in [9.17, 15) is 10.1 Å². The third-order valence-electron chi connectivity index (χ3n) is 3.05. The topological polar surface area (TPSA) is 81.6 Å². The van der Waals surface area contributed by atoms with Gasteiger partial charge in [-0.25, -0.2) is 4.98 Å². The van der Waals surface area contributed by atoms with Gasteiger partial charge in [0.05, 0.1) is 6.07 Å². The van der Waals surface area contributed by atoms with Gasteiger partial charge in [-0.15, -0.1) is 0 Å². The zero-order valence-electron chi connectivity index (χ0n) is 11.0. The molecule has 1 aromatic rings.